The van der Waals surface area contributed by atoms with Crippen molar-refractivity contribution in [3.8, 4) is 0 Å². The van der Waals surface area contributed by atoms with E-state index < -0.39 is 59.8 Å². The Labute approximate surface area is 414 Å². The maximum atomic E-state index is 12.9. The molecule has 1 rings (SSSR count). The van der Waals surface area contributed by atoms with Crippen LogP contribution in [0.4, 0.5) is 0 Å². The molecule has 1 fully saturated rings. The molecule has 12 nitrogen and oxygen atoms in total. The maximum Gasteiger partial charge on any atom is 0.397 e. The van der Waals surface area contributed by atoms with Crippen LogP contribution in [0.25, 0.3) is 0 Å². The van der Waals surface area contributed by atoms with Gasteiger partial charge in [-0.2, -0.15) is 8.42 Å². The van der Waals surface area contributed by atoms with E-state index in [0.717, 1.165) is 77.0 Å². The zero-order chi connectivity index (χ0) is 49.6. The largest absolute Gasteiger partial charge is 0.457 e. The lowest BCUT2D eigenvalue weighted by Crippen LogP contribution is -2.60. The molecule has 0 bridgehead atoms. The van der Waals surface area contributed by atoms with Gasteiger partial charge in [-0.15, -0.1) is 0 Å². The summed E-state index contributed by atoms with van der Waals surface area (Å²) in [4.78, 5) is 12.9. The Bertz CT molecular complexity index is 1410. The molecule has 0 spiro atoms. The Morgan fingerprint density at radius 1 is 0.574 bits per heavy atom. The number of ether oxygens (including phenoxy) is 4. The number of hydrogen-bond donors (Lipinski definition) is 4. The SMILES string of the molecule is CC/C=C\C/C=C\C/C=C\C/C=C\C/C=C\CCCCCCCCCCCCOCC(COC1OC(CO)C(O)C(OS(=O)(=O)O)C1O)OC(=O)CCCCCCCCCCCCCCCCC. The summed E-state index contributed by atoms with van der Waals surface area (Å²) in [7, 11) is -5.07. The minimum atomic E-state index is -5.07. The van der Waals surface area contributed by atoms with Gasteiger partial charge in [-0.1, -0.05) is 216 Å². The first-order valence-corrected chi connectivity index (χ1v) is 28.4. The molecule has 0 aromatic carbocycles. The number of carbonyl (C=O) groups excluding carboxylic acids is 1. The van der Waals surface area contributed by atoms with Crippen LogP contribution in [-0.4, -0.2) is 97.5 Å². The summed E-state index contributed by atoms with van der Waals surface area (Å²) in [5, 5.41) is 30.8. The molecule has 13 heteroatoms. The monoisotopic (exact) mass is 983 g/mol. The van der Waals surface area contributed by atoms with Crippen LogP contribution in [0.15, 0.2) is 60.8 Å². The number of hydrogen-bond acceptors (Lipinski definition) is 11. The maximum absolute atomic E-state index is 12.9. The third-order valence-electron chi connectivity index (χ3n) is 12.2. The van der Waals surface area contributed by atoms with Crippen molar-refractivity contribution >= 4 is 16.4 Å². The van der Waals surface area contributed by atoms with Gasteiger partial charge in [0.1, 0.15) is 30.5 Å². The van der Waals surface area contributed by atoms with Crippen molar-refractivity contribution < 1.29 is 56.2 Å². The number of aliphatic hydroxyl groups is 3. The van der Waals surface area contributed by atoms with Gasteiger partial charge in [0.05, 0.1) is 19.8 Å². The highest BCUT2D eigenvalue weighted by Gasteiger charge is 2.48. The number of esters is 1. The van der Waals surface area contributed by atoms with Crippen LogP contribution < -0.4 is 0 Å². The molecule has 1 heterocycles. The molecular formula is C55H98O12S. The van der Waals surface area contributed by atoms with Crippen molar-refractivity contribution in [1.29, 1.82) is 0 Å². The van der Waals surface area contributed by atoms with Gasteiger partial charge >= 0.3 is 16.4 Å². The van der Waals surface area contributed by atoms with Crippen molar-refractivity contribution in [2.45, 2.75) is 256 Å². The molecule has 0 saturated carbocycles. The topological polar surface area (TPSA) is 178 Å². The van der Waals surface area contributed by atoms with Gasteiger partial charge in [-0.3, -0.25) is 9.35 Å². The normalized spacial score (nSPS) is 19.8. The fraction of sp³-hybridized carbons (Fsp3) is 0.800. The number of carbonyl (C=O) groups is 1. The predicted octanol–water partition coefficient (Wildman–Crippen LogP) is 12.9. The Hall–Kier alpha value is -2.20. The molecule has 0 amide bonds. The van der Waals surface area contributed by atoms with Crippen molar-refractivity contribution in [1.82, 2.24) is 0 Å². The summed E-state index contributed by atoms with van der Waals surface area (Å²) >= 11 is 0. The molecule has 396 valence electrons. The summed E-state index contributed by atoms with van der Waals surface area (Å²) in [6.07, 6.45) is 49.7. The molecule has 6 unspecified atom stereocenters. The first kappa shape index (κ1) is 63.8. The van der Waals surface area contributed by atoms with E-state index in [1.165, 1.54) is 116 Å². The lowest BCUT2D eigenvalue weighted by Gasteiger charge is -2.41. The second kappa shape index (κ2) is 45.9. The molecule has 1 aliphatic heterocycles. The third-order valence-corrected chi connectivity index (χ3v) is 12.6. The van der Waals surface area contributed by atoms with E-state index in [4.69, 9.17) is 18.9 Å². The number of rotatable bonds is 47. The van der Waals surface area contributed by atoms with Gasteiger partial charge in [0, 0.05) is 13.0 Å². The van der Waals surface area contributed by atoms with Gasteiger partial charge in [-0.05, 0) is 57.8 Å². The minimum Gasteiger partial charge on any atom is -0.457 e. The van der Waals surface area contributed by atoms with Gasteiger partial charge in [-0.25, -0.2) is 4.18 Å². The Balaban J connectivity index is 2.31. The third kappa shape index (κ3) is 38.5. The highest BCUT2D eigenvalue weighted by Crippen LogP contribution is 2.26. The van der Waals surface area contributed by atoms with E-state index in [0.29, 0.717) is 13.0 Å². The highest BCUT2D eigenvalue weighted by molar-refractivity contribution is 7.80. The Morgan fingerprint density at radius 2 is 1.01 bits per heavy atom. The van der Waals surface area contributed by atoms with E-state index in [-0.39, 0.29) is 19.6 Å². The van der Waals surface area contributed by atoms with Gasteiger partial charge < -0.3 is 34.3 Å². The summed E-state index contributed by atoms with van der Waals surface area (Å²) in [6.45, 7) is 3.89. The summed E-state index contributed by atoms with van der Waals surface area (Å²) in [6, 6.07) is 0. The van der Waals surface area contributed by atoms with Crippen LogP contribution in [-0.2, 0) is 38.3 Å². The zero-order valence-electron chi connectivity index (χ0n) is 42.7. The molecule has 68 heavy (non-hydrogen) atoms. The van der Waals surface area contributed by atoms with E-state index in [9.17, 15) is 33.1 Å². The quantitative estimate of drug-likeness (QED) is 0.0197. The van der Waals surface area contributed by atoms with Crippen LogP contribution in [0.2, 0.25) is 0 Å². The molecule has 0 aliphatic carbocycles. The van der Waals surface area contributed by atoms with Crippen molar-refractivity contribution in [2.24, 2.45) is 0 Å². The number of unbranched alkanes of at least 4 members (excludes halogenated alkanes) is 24. The van der Waals surface area contributed by atoms with Crippen LogP contribution in [0.3, 0.4) is 0 Å². The second-order valence-corrected chi connectivity index (χ2v) is 19.5. The van der Waals surface area contributed by atoms with E-state index in [2.05, 4.69) is 78.8 Å². The molecular weight excluding hydrogens is 885 g/mol. The van der Waals surface area contributed by atoms with Crippen molar-refractivity contribution in [2.75, 3.05) is 26.4 Å². The average Bonchev–Trinajstić information content (AvgIpc) is 3.31. The highest BCUT2D eigenvalue weighted by atomic mass is 32.3. The molecule has 0 aromatic heterocycles. The van der Waals surface area contributed by atoms with Gasteiger partial charge in [0.25, 0.3) is 0 Å². The van der Waals surface area contributed by atoms with Crippen molar-refractivity contribution in [3.63, 3.8) is 0 Å². The molecule has 0 radical (unpaired) electrons. The first-order chi connectivity index (χ1) is 33.1. The van der Waals surface area contributed by atoms with E-state index in [1.54, 1.807) is 0 Å². The summed E-state index contributed by atoms with van der Waals surface area (Å²) < 4.78 is 59.3. The van der Waals surface area contributed by atoms with E-state index >= 15 is 0 Å². The predicted molar refractivity (Wildman–Crippen MR) is 276 cm³/mol. The molecule has 1 saturated heterocycles. The standard InChI is InChI=1S/C55H98O12S/c1-3-5-7-9-11-13-15-17-19-20-21-22-23-24-25-26-27-28-29-31-33-35-37-39-41-43-45-63-47-49(48-64-55-53(59)54(67-68(60,61)62)52(58)50(46-56)66-55)65-51(57)44-42-40-38-36-34-32-30-18-16-14-12-10-8-6-4-2/h5,7,11,13,17,19,21-22,24-25,49-50,52-56,58-59H,3-4,6,8-10,12,14-16,18,20,23,26-48H2,1-2H3,(H,60,61,62)/b7-5-,13-11-,19-17-,22-21-,25-24-. The average molecular weight is 983 g/mol. The summed E-state index contributed by atoms with van der Waals surface area (Å²) in [5.74, 6) is -0.399. The minimum absolute atomic E-state index is 0.0332. The molecule has 0 aromatic rings. The lowest BCUT2D eigenvalue weighted by atomic mass is 9.99. The zero-order valence-corrected chi connectivity index (χ0v) is 43.5. The van der Waals surface area contributed by atoms with Crippen LogP contribution in [0.1, 0.15) is 219 Å². The van der Waals surface area contributed by atoms with Crippen LogP contribution in [0, 0.1) is 0 Å². The molecule has 1 aliphatic rings. The number of aliphatic hydroxyl groups excluding tert-OH is 3. The van der Waals surface area contributed by atoms with E-state index in [1.807, 2.05) is 0 Å². The first-order valence-electron chi connectivity index (χ1n) is 27.0. The van der Waals surface area contributed by atoms with Crippen LogP contribution >= 0.6 is 0 Å². The number of allylic oxidation sites excluding steroid dienone is 10. The fourth-order valence-electron chi connectivity index (χ4n) is 8.11. The molecule has 4 N–H and O–H groups in total. The smallest absolute Gasteiger partial charge is 0.397 e. The molecule has 6 atom stereocenters. The second-order valence-electron chi connectivity index (χ2n) is 18.4. The van der Waals surface area contributed by atoms with Gasteiger partial charge in [0.15, 0.2) is 6.29 Å². The fourth-order valence-corrected chi connectivity index (χ4v) is 8.62. The summed E-state index contributed by atoms with van der Waals surface area (Å²) in [5.41, 5.74) is 0. The Morgan fingerprint density at radius 3 is 1.49 bits per heavy atom. The van der Waals surface area contributed by atoms with Crippen LogP contribution in [0.5, 0.6) is 0 Å². The lowest BCUT2D eigenvalue weighted by molar-refractivity contribution is -0.301. The Kier molecular flexibility index (Phi) is 43.1. The van der Waals surface area contributed by atoms with Crippen molar-refractivity contribution in [3.05, 3.63) is 60.8 Å². The van der Waals surface area contributed by atoms with Gasteiger partial charge in [0.2, 0.25) is 0 Å².